The molecule has 1 atom stereocenters. The van der Waals surface area contributed by atoms with E-state index in [1.54, 1.807) is 6.07 Å². The van der Waals surface area contributed by atoms with E-state index in [-0.39, 0.29) is 5.41 Å². The molecule has 0 bridgehead atoms. The summed E-state index contributed by atoms with van der Waals surface area (Å²) < 4.78 is 0. The summed E-state index contributed by atoms with van der Waals surface area (Å²) >= 11 is 12.3. The molecule has 1 heterocycles. The molecule has 1 saturated carbocycles. The van der Waals surface area contributed by atoms with Gasteiger partial charge in [0.15, 0.2) is 0 Å². The van der Waals surface area contributed by atoms with Crippen molar-refractivity contribution in [2.24, 2.45) is 5.41 Å². The maximum absolute atomic E-state index is 11.6. The van der Waals surface area contributed by atoms with E-state index in [1.165, 1.54) is 6.33 Å². The molecule has 1 unspecified atom stereocenters. The van der Waals surface area contributed by atoms with Crippen LogP contribution in [0.25, 0.3) is 6.08 Å². The Balaban J connectivity index is 2.04. The van der Waals surface area contributed by atoms with Crippen LogP contribution in [0.3, 0.4) is 0 Å². The summed E-state index contributed by atoms with van der Waals surface area (Å²) in [6, 6.07) is 5.41. The SMILES string of the molecule is CC1(C)CCCC(=Cc2ccc(Cl)cc2Cl)C1(O)Cc1ncn[nH]1. The zero-order valence-electron chi connectivity index (χ0n) is 13.8. The molecule has 0 radical (unpaired) electrons. The number of rotatable bonds is 3. The molecule has 2 N–H and O–H groups in total. The van der Waals surface area contributed by atoms with Crippen LogP contribution in [0, 0.1) is 5.41 Å². The third-order valence-electron chi connectivity index (χ3n) is 5.08. The summed E-state index contributed by atoms with van der Waals surface area (Å²) in [6.45, 7) is 4.19. The second kappa shape index (κ2) is 6.51. The lowest BCUT2D eigenvalue weighted by Gasteiger charge is -2.48. The van der Waals surface area contributed by atoms with Crippen molar-refractivity contribution in [3.05, 3.63) is 51.5 Å². The maximum atomic E-state index is 11.6. The smallest absolute Gasteiger partial charge is 0.137 e. The van der Waals surface area contributed by atoms with E-state index < -0.39 is 5.60 Å². The molecule has 1 fully saturated rings. The van der Waals surface area contributed by atoms with Crippen LogP contribution in [0.15, 0.2) is 30.1 Å². The maximum Gasteiger partial charge on any atom is 0.137 e. The highest BCUT2D eigenvalue weighted by Gasteiger charge is 2.48. The fraction of sp³-hybridized carbons (Fsp3) is 0.444. The molecule has 128 valence electrons. The number of hydrogen-bond donors (Lipinski definition) is 2. The Bertz CT molecular complexity index is 756. The molecule has 0 saturated heterocycles. The van der Waals surface area contributed by atoms with Crippen molar-refractivity contribution in [2.75, 3.05) is 0 Å². The zero-order valence-corrected chi connectivity index (χ0v) is 15.3. The minimum absolute atomic E-state index is 0.275. The number of aromatic nitrogens is 3. The van der Waals surface area contributed by atoms with Gasteiger partial charge in [0.1, 0.15) is 12.2 Å². The number of aliphatic hydroxyl groups is 1. The first-order valence-electron chi connectivity index (χ1n) is 8.04. The standard InChI is InChI=1S/C18H21Cl2N3O/c1-17(2)7-3-4-13(8-12-5-6-14(19)9-15(12)20)18(17,24)10-16-21-11-22-23-16/h5-6,8-9,11,24H,3-4,7,10H2,1-2H3,(H,21,22,23). The molecule has 24 heavy (non-hydrogen) atoms. The third-order valence-corrected chi connectivity index (χ3v) is 5.64. The molecule has 1 aliphatic rings. The summed E-state index contributed by atoms with van der Waals surface area (Å²) in [7, 11) is 0. The van der Waals surface area contributed by atoms with Gasteiger partial charge in [-0.15, -0.1) is 0 Å². The van der Waals surface area contributed by atoms with Crippen molar-refractivity contribution in [3.8, 4) is 0 Å². The Morgan fingerprint density at radius 2 is 2.12 bits per heavy atom. The van der Waals surface area contributed by atoms with E-state index in [0.717, 1.165) is 30.4 Å². The molecule has 0 amide bonds. The summed E-state index contributed by atoms with van der Waals surface area (Å²) in [5, 5.41) is 19.6. The number of benzene rings is 1. The molecule has 4 nitrogen and oxygen atoms in total. The first-order chi connectivity index (χ1) is 11.3. The van der Waals surface area contributed by atoms with Crippen molar-refractivity contribution >= 4 is 29.3 Å². The van der Waals surface area contributed by atoms with Gasteiger partial charge in [0.05, 0.1) is 5.60 Å². The number of aromatic amines is 1. The molecule has 1 aromatic carbocycles. The van der Waals surface area contributed by atoms with Crippen LogP contribution in [-0.4, -0.2) is 25.9 Å². The lowest BCUT2D eigenvalue weighted by molar-refractivity contribution is -0.0555. The van der Waals surface area contributed by atoms with Gasteiger partial charge in [-0.05, 0) is 47.9 Å². The summed E-state index contributed by atoms with van der Waals surface area (Å²) in [5.41, 5.74) is 0.556. The number of hydrogen-bond acceptors (Lipinski definition) is 3. The zero-order chi connectivity index (χ0) is 17.4. The largest absolute Gasteiger partial charge is 0.384 e. The lowest BCUT2D eigenvalue weighted by Crippen LogP contribution is -2.50. The van der Waals surface area contributed by atoms with E-state index in [4.69, 9.17) is 23.2 Å². The van der Waals surface area contributed by atoms with Crippen molar-refractivity contribution in [1.29, 1.82) is 0 Å². The molecule has 1 aromatic heterocycles. The monoisotopic (exact) mass is 365 g/mol. The fourth-order valence-electron chi connectivity index (χ4n) is 3.48. The highest BCUT2D eigenvalue weighted by atomic mass is 35.5. The minimum atomic E-state index is -1.01. The van der Waals surface area contributed by atoms with E-state index in [2.05, 4.69) is 29.0 Å². The average molecular weight is 366 g/mol. The van der Waals surface area contributed by atoms with Crippen molar-refractivity contribution in [2.45, 2.75) is 45.1 Å². The molecule has 6 heteroatoms. The van der Waals surface area contributed by atoms with E-state index >= 15 is 0 Å². The Labute approximate surface area is 151 Å². The van der Waals surface area contributed by atoms with Crippen LogP contribution in [0.5, 0.6) is 0 Å². The molecular formula is C18H21Cl2N3O. The van der Waals surface area contributed by atoms with Gasteiger partial charge in [-0.2, -0.15) is 5.10 Å². The second-order valence-electron chi connectivity index (χ2n) is 7.04. The van der Waals surface area contributed by atoms with Crippen LogP contribution in [0.4, 0.5) is 0 Å². The van der Waals surface area contributed by atoms with Crippen LogP contribution in [0.1, 0.15) is 44.5 Å². The number of nitrogens with zero attached hydrogens (tertiary/aromatic N) is 2. The molecule has 0 aliphatic heterocycles. The predicted octanol–water partition coefficient (Wildman–Crippen LogP) is 4.68. The minimum Gasteiger partial charge on any atom is -0.384 e. The Kier molecular flexibility index (Phi) is 4.73. The summed E-state index contributed by atoms with van der Waals surface area (Å²) in [5.74, 6) is 0.681. The van der Waals surface area contributed by atoms with Crippen LogP contribution < -0.4 is 0 Å². The molecule has 0 spiro atoms. The van der Waals surface area contributed by atoms with Gasteiger partial charge in [0.2, 0.25) is 0 Å². The van der Waals surface area contributed by atoms with E-state index in [9.17, 15) is 5.11 Å². The van der Waals surface area contributed by atoms with Crippen LogP contribution in [0.2, 0.25) is 10.0 Å². The van der Waals surface area contributed by atoms with Crippen molar-refractivity contribution in [3.63, 3.8) is 0 Å². The van der Waals surface area contributed by atoms with Gasteiger partial charge in [-0.25, -0.2) is 4.98 Å². The first-order valence-corrected chi connectivity index (χ1v) is 8.80. The van der Waals surface area contributed by atoms with Crippen molar-refractivity contribution < 1.29 is 5.11 Å². The molecule has 2 aromatic rings. The highest BCUT2D eigenvalue weighted by Crippen LogP contribution is 2.49. The van der Waals surface area contributed by atoms with E-state index in [0.29, 0.717) is 22.3 Å². The lowest BCUT2D eigenvalue weighted by atomic mass is 9.61. The quantitative estimate of drug-likeness (QED) is 0.829. The van der Waals surface area contributed by atoms with Gasteiger partial charge >= 0.3 is 0 Å². The Hall–Kier alpha value is -1.36. The molecule has 3 rings (SSSR count). The summed E-state index contributed by atoms with van der Waals surface area (Å²) in [6.07, 6.45) is 6.67. The van der Waals surface area contributed by atoms with E-state index in [1.807, 2.05) is 18.2 Å². The van der Waals surface area contributed by atoms with Crippen LogP contribution in [-0.2, 0) is 6.42 Å². The van der Waals surface area contributed by atoms with Gasteiger partial charge in [0, 0.05) is 16.5 Å². The number of nitrogens with one attached hydrogen (secondary N) is 1. The fourth-order valence-corrected chi connectivity index (χ4v) is 3.94. The van der Waals surface area contributed by atoms with Crippen molar-refractivity contribution in [1.82, 2.24) is 15.2 Å². The Morgan fingerprint density at radius 3 is 2.79 bits per heavy atom. The van der Waals surface area contributed by atoms with Gasteiger partial charge in [-0.1, -0.05) is 49.2 Å². The Morgan fingerprint density at radius 1 is 1.33 bits per heavy atom. The predicted molar refractivity (Wildman–Crippen MR) is 97.1 cm³/mol. The number of H-pyrrole nitrogens is 1. The average Bonchev–Trinajstić information content (AvgIpc) is 2.99. The van der Waals surface area contributed by atoms with Gasteiger partial charge in [0.25, 0.3) is 0 Å². The molecule has 1 aliphatic carbocycles. The van der Waals surface area contributed by atoms with Crippen LogP contribution >= 0.6 is 23.2 Å². The summed E-state index contributed by atoms with van der Waals surface area (Å²) in [4.78, 5) is 4.19. The normalized spacial score (nSPS) is 25.1. The van der Waals surface area contributed by atoms with Gasteiger partial charge < -0.3 is 5.11 Å². The van der Waals surface area contributed by atoms with Gasteiger partial charge in [-0.3, -0.25) is 5.10 Å². The number of halogens is 2. The first kappa shape index (κ1) is 17.5. The highest BCUT2D eigenvalue weighted by molar-refractivity contribution is 6.35. The second-order valence-corrected chi connectivity index (χ2v) is 7.89. The topological polar surface area (TPSA) is 61.8 Å². The third kappa shape index (κ3) is 3.23. The molecular weight excluding hydrogens is 345 g/mol.